The van der Waals surface area contributed by atoms with Gasteiger partial charge in [0, 0.05) is 11.9 Å². The minimum Gasteiger partial charge on any atom is -0.497 e. The Balaban J connectivity index is 1.68. The van der Waals surface area contributed by atoms with E-state index in [2.05, 4.69) is 10.3 Å². The van der Waals surface area contributed by atoms with Gasteiger partial charge in [0.05, 0.1) is 24.9 Å². The number of hydrogen-bond donors (Lipinski definition) is 1. The molecule has 0 atom stereocenters. The molecule has 160 valence electrons. The lowest BCUT2D eigenvalue weighted by molar-refractivity contribution is -0.118. The first-order valence-electron chi connectivity index (χ1n) is 9.53. The number of methoxy groups -OCH3 is 2. The van der Waals surface area contributed by atoms with E-state index in [-0.39, 0.29) is 12.5 Å². The van der Waals surface area contributed by atoms with Gasteiger partial charge in [-0.15, -0.1) is 0 Å². The Labute approximate surface area is 186 Å². The second kappa shape index (κ2) is 10.5. The molecular weight excluding hydrogens is 416 g/mol. The van der Waals surface area contributed by atoms with Crippen LogP contribution in [0.1, 0.15) is 11.1 Å². The van der Waals surface area contributed by atoms with Gasteiger partial charge in [0.15, 0.2) is 18.1 Å². The molecule has 0 radical (unpaired) electrons. The fourth-order valence-corrected chi connectivity index (χ4v) is 3.10. The van der Waals surface area contributed by atoms with Crippen molar-refractivity contribution in [2.45, 2.75) is 6.92 Å². The van der Waals surface area contributed by atoms with Crippen LogP contribution in [0.15, 0.2) is 65.7 Å². The molecule has 0 aliphatic heterocycles. The number of anilines is 1. The number of hydrogen-bond acceptors (Lipinski definition) is 5. The van der Waals surface area contributed by atoms with E-state index >= 15 is 0 Å². The highest BCUT2D eigenvalue weighted by Crippen LogP contribution is 2.36. The summed E-state index contributed by atoms with van der Waals surface area (Å²) in [6.07, 6.45) is 1.67. The Morgan fingerprint density at radius 2 is 1.84 bits per heavy atom. The Morgan fingerprint density at radius 1 is 1.06 bits per heavy atom. The van der Waals surface area contributed by atoms with Gasteiger partial charge < -0.3 is 19.5 Å². The van der Waals surface area contributed by atoms with Gasteiger partial charge in [-0.25, -0.2) is 0 Å². The van der Waals surface area contributed by atoms with Crippen molar-refractivity contribution in [3.63, 3.8) is 0 Å². The number of nitrogens with one attached hydrogen (secondary N) is 1. The average Bonchev–Trinajstić information content (AvgIpc) is 2.77. The smallest absolute Gasteiger partial charge is 0.262 e. The van der Waals surface area contributed by atoms with E-state index in [0.717, 1.165) is 22.6 Å². The highest BCUT2D eigenvalue weighted by atomic mass is 35.5. The van der Waals surface area contributed by atoms with Crippen molar-refractivity contribution in [3.8, 4) is 17.2 Å². The quantitative estimate of drug-likeness (QED) is 0.476. The number of carbonyl (C=O) groups excluding carboxylic acids is 1. The number of benzene rings is 3. The first kappa shape index (κ1) is 22.2. The van der Waals surface area contributed by atoms with Gasteiger partial charge in [-0.1, -0.05) is 23.7 Å². The maximum Gasteiger partial charge on any atom is 0.262 e. The minimum atomic E-state index is -0.297. The molecule has 3 aromatic carbocycles. The van der Waals surface area contributed by atoms with Crippen LogP contribution in [-0.4, -0.2) is 32.9 Å². The summed E-state index contributed by atoms with van der Waals surface area (Å²) >= 11 is 6.38. The normalized spacial score (nSPS) is 10.7. The predicted octanol–water partition coefficient (Wildman–Crippen LogP) is 5.43. The van der Waals surface area contributed by atoms with Crippen molar-refractivity contribution in [1.82, 2.24) is 0 Å². The average molecular weight is 439 g/mol. The summed E-state index contributed by atoms with van der Waals surface area (Å²) in [5.74, 6) is 1.17. The Kier molecular flexibility index (Phi) is 7.51. The Hall–Kier alpha value is -3.51. The second-order valence-corrected chi connectivity index (χ2v) is 7.10. The van der Waals surface area contributed by atoms with Gasteiger partial charge in [-0.2, -0.15) is 0 Å². The lowest BCUT2D eigenvalue weighted by atomic mass is 10.2. The van der Waals surface area contributed by atoms with Crippen LogP contribution in [0.3, 0.4) is 0 Å². The molecule has 0 fully saturated rings. The van der Waals surface area contributed by atoms with Crippen LogP contribution in [0, 0.1) is 6.92 Å². The van der Waals surface area contributed by atoms with E-state index in [4.69, 9.17) is 25.8 Å². The van der Waals surface area contributed by atoms with Crippen LogP contribution < -0.4 is 19.5 Å². The van der Waals surface area contributed by atoms with Crippen LogP contribution in [-0.2, 0) is 4.79 Å². The first-order chi connectivity index (χ1) is 15.0. The maximum absolute atomic E-state index is 12.2. The van der Waals surface area contributed by atoms with E-state index in [1.165, 1.54) is 7.11 Å². The maximum atomic E-state index is 12.2. The predicted molar refractivity (Wildman–Crippen MR) is 124 cm³/mol. The van der Waals surface area contributed by atoms with Crippen LogP contribution in [0.2, 0.25) is 5.02 Å². The van der Waals surface area contributed by atoms with E-state index in [1.54, 1.807) is 25.5 Å². The molecule has 0 saturated carbocycles. The molecule has 1 amide bonds. The molecule has 0 heterocycles. The number of aryl methyl sites for hydroxylation is 1. The summed E-state index contributed by atoms with van der Waals surface area (Å²) in [6, 6.07) is 18.3. The van der Waals surface area contributed by atoms with Gasteiger partial charge in [0.2, 0.25) is 0 Å². The van der Waals surface area contributed by atoms with Gasteiger partial charge >= 0.3 is 0 Å². The molecule has 1 N–H and O–H groups in total. The molecule has 0 saturated heterocycles. The SMILES string of the molecule is COc1ccc(N=Cc2cc(Cl)c(OCC(=O)Nc3cccc(C)c3)c(OC)c2)cc1. The molecule has 0 bridgehead atoms. The highest BCUT2D eigenvalue weighted by molar-refractivity contribution is 6.32. The summed E-state index contributed by atoms with van der Waals surface area (Å²) in [7, 11) is 3.12. The fraction of sp³-hybridized carbons (Fsp3) is 0.167. The van der Waals surface area contributed by atoms with Crippen LogP contribution in [0.25, 0.3) is 0 Å². The first-order valence-corrected chi connectivity index (χ1v) is 9.91. The van der Waals surface area contributed by atoms with Crippen molar-refractivity contribution >= 4 is 35.1 Å². The standard InChI is InChI=1S/C24H23ClN2O4/c1-16-5-4-6-19(11-16)27-23(28)15-31-24-21(25)12-17(13-22(24)30-3)14-26-18-7-9-20(29-2)10-8-18/h4-14H,15H2,1-3H3,(H,27,28). The minimum absolute atomic E-state index is 0.205. The highest BCUT2D eigenvalue weighted by Gasteiger charge is 2.14. The summed E-state index contributed by atoms with van der Waals surface area (Å²) < 4.78 is 16.2. The molecule has 7 heteroatoms. The lowest BCUT2D eigenvalue weighted by Gasteiger charge is -2.13. The zero-order valence-electron chi connectivity index (χ0n) is 17.5. The molecule has 3 rings (SSSR count). The number of halogens is 1. The van der Waals surface area contributed by atoms with E-state index < -0.39 is 0 Å². The van der Waals surface area contributed by atoms with Gasteiger partial charge in [-0.05, 0) is 66.6 Å². The van der Waals surface area contributed by atoms with Gasteiger partial charge in [0.25, 0.3) is 5.91 Å². The number of ether oxygens (including phenoxy) is 3. The molecule has 0 spiro atoms. The van der Waals surface area contributed by atoms with E-state index in [0.29, 0.717) is 22.2 Å². The third kappa shape index (κ3) is 6.23. The third-order valence-corrected chi connectivity index (χ3v) is 4.62. The number of nitrogens with zero attached hydrogens (tertiary/aromatic N) is 1. The number of carbonyl (C=O) groups is 1. The number of aliphatic imine (C=N–C) groups is 1. The molecule has 0 aliphatic carbocycles. The molecule has 31 heavy (non-hydrogen) atoms. The van der Waals surface area contributed by atoms with Gasteiger partial charge in [-0.3, -0.25) is 9.79 Å². The Morgan fingerprint density at radius 3 is 2.52 bits per heavy atom. The molecular formula is C24H23ClN2O4. The van der Waals surface area contributed by atoms with E-state index in [9.17, 15) is 4.79 Å². The summed E-state index contributed by atoms with van der Waals surface area (Å²) in [5.41, 5.74) is 3.25. The summed E-state index contributed by atoms with van der Waals surface area (Å²) in [5, 5.41) is 3.11. The second-order valence-electron chi connectivity index (χ2n) is 6.70. The fourth-order valence-electron chi connectivity index (χ4n) is 2.83. The molecule has 0 unspecified atom stereocenters. The Bertz CT molecular complexity index is 1080. The molecule has 0 aromatic heterocycles. The third-order valence-electron chi connectivity index (χ3n) is 4.34. The van der Waals surface area contributed by atoms with Crippen LogP contribution in [0.4, 0.5) is 11.4 Å². The van der Waals surface area contributed by atoms with Crippen LogP contribution >= 0.6 is 11.6 Å². The monoisotopic (exact) mass is 438 g/mol. The van der Waals surface area contributed by atoms with Crippen LogP contribution in [0.5, 0.6) is 17.2 Å². The zero-order chi connectivity index (χ0) is 22.2. The molecule has 3 aromatic rings. The topological polar surface area (TPSA) is 69.2 Å². The van der Waals surface area contributed by atoms with Crippen molar-refractivity contribution in [2.24, 2.45) is 4.99 Å². The summed E-state index contributed by atoms with van der Waals surface area (Å²) in [6.45, 7) is 1.75. The van der Waals surface area contributed by atoms with E-state index in [1.807, 2.05) is 55.5 Å². The number of amides is 1. The molecule has 6 nitrogen and oxygen atoms in total. The van der Waals surface area contributed by atoms with Crippen molar-refractivity contribution in [1.29, 1.82) is 0 Å². The van der Waals surface area contributed by atoms with Crippen molar-refractivity contribution in [2.75, 3.05) is 26.1 Å². The van der Waals surface area contributed by atoms with Crippen molar-refractivity contribution in [3.05, 3.63) is 76.8 Å². The van der Waals surface area contributed by atoms with Gasteiger partial charge in [0.1, 0.15) is 5.75 Å². The van der Waals surface area contributed by atoms with Crippen molar-refractivity contribution < 1.29 is 19.0 Å². The summed E-state index contributed by atoms with van der Waals surface area (Å²) in [4.78, 5) is 16.7. The number of rotatable bonds is 8. The molecule has 0 aliphatic rings. The zero-order valence-corrected chi connectivity index (χ0v) is 18.3. The largest absolute Gasteiger partial charge is 0.497 e. The lowest BCUT2D eigenvalue weighted by Crippen LogP contribution is -2.20.